The van der Waals surface area contributed by atoms with Crippen molar-refractivity contribution in [2.75, 3.05) is 24.4 Å². The van der Waals surface area contributed by atoms with Crippen LogP contribution in [-0.4, -0.2) is 19.5 Å². The predicted octanol–water partition coefficient (Wildman–Crippen LogP) is 2.22. The van der Waals surface area contributed by atoms with Crippen LogP contribution in [-0.2, 0) is 0 Å². The first-order chi connectivity index (χ1) is 7.40. The van der Waals surface area contributed by atoms with Crippen LogP contribution in [0.25, 0.3) is 0 Å². The molecule has 0 aromatic heterocycles. The summed E-state index contributed by atoms with van der Waals surface area (Å²) in [4.78, 5) is 2.16. The van der Waals surface area contributed by atoms with Gasteiger partial charge in [0.05, 0.1) is 18.7 Å². The molecule has 15 heavy (non-hydrogen) atoms. The van der Waals surface area contributed by atoms with Crippen LogP contribution in [0.5, 0.6) is 5.75 Å². The van der Waals surface area contributed by atoms with E-state index in [9.17, 15) is 0 Å². The number of anilines is 1. The molecule has 0 amide bonds. The molecule has 0 radical (unpaired) electrons. The van der Waals surface area contributed by atoms with Gasteiger partial charge in [0.2, 0.25) is 0 Å². The van der Waals surface area contributed by atoms with E-state index in [1.807, 2.05) is 18.4 Å². The lowest BCUT2D eigenvalue weighted by Crippen LogP contribution is -2.34. The molecule has 0 unspecified atom stereocenters. The summed E-state index contributed by atoms with van der Waals surface area (Å²) < 4.78 is 5.31. The van der Waals surface area contributed by atoms with Crippen molar-refractivity contribution in [1.29, 1.82) is 0 Å². The molecule has 2 rings (SSSR count). The van der Waals surface area contributed by atoms with Crippen LogP contribution < -0.4 is 14.4 Å². The normalized spacial score (nSPS) is 15.4. The van der Waals surface area contributed by atoms with E-state index in [1.54, 1.807) is 0 Å². The second-order valence-electron chi connectivity index (χ2n) is 3.21. The molecule has 1 N–H and O–H groups in total. The van der Waals surface area contributed by atoms with Gasteiger partial charge in [-0.2, -0.15) is 0 Å². The Hall–Kier alpha value is -1.13. The van der Waals surface area contributed by atoms with Crippen LogP contribution in [0, 0.1) is 0 Å². The molecule has 0 saturated heterocycles. The number of benzene rings is 1. The summed E-state index contributed by atoms with van der Waals surface area (Å²) in [6.45, 7) is 1.81. The lowest BCUT2D eigenvalue weighted by Gasteiger charge is -2.24. The highest BCUT2D eigenvalue weighted by Gasteiger charge is 2.05. The zero-order valence-corrected chi connectivity index (χ0v) is 9.46. The first-order valence-corrected chi connectivity index (χ1v) is 6.00. The molecule has 1 aromatic carbocycles. The Bertz CT molecular complexity index is 337. The largest absolute Gasteiger partial charge is 0.426 e. The molecule has 1 aliphatic heterocycles. The van der Waals surface area contributed by atoms with Crippen molar-refractivity contribution in [3.05, 3.63) is 36.5 Å². The minimum atomic E-state index is 0.860. The molecule has 0 atom stereocenters. The minimum Gasteiger partial charge on any atom is -0.426 e. The standard InChI is InChI=1S/C11H14N2OS/c1-15-14-11-5-3-10(4-6-11)13-8-2-7-12-9-13/h2-6,8,12H,7,9H2,1H3. The number of nitrogens with one attached hydrogen (secondary N) is 1. The molecule has 1 aliphatic rings. The fraction of sp³-hybridized carbons (Fsp3) is 0.273. The van der Waals surface area contributed by atoms with Gasteiger partial charge in [0.15, 0.2) is 0 Å². The van der Waals surface area contributed by atoms with Crippen molar-refractivity contribution in [3.63, 3.8) is 0 Å². The topological polar surface area (TPSA) is 24.5 Å². The van der Waals surface area contributed by atoms with Crippen LogP contribution in [0.15, 0.2) is 36.5 Å². The Balaban J connectivity index is 2.08. The monoisotopic (exact) mass is 222 g/mol. The fourth-order valence-corrected chi connectivity index (χ4v) is 1.77. The summed E-state index contributed by atoms with van der Waals surface area (Å²) in [6, 6.07) is 8.08. The van der Waals surface area contributed by atoms with Crippen molar-refractivity contribution >= 4 is 17.7 Å². The summed E-state index contributed by atoms with van der Waals surface area (Å²) in [5, 5.41) is 3.28. The van der Waals surface area contributed by atoms with E-state index in [-0.39, 0.29) is 0 Å². The molecule has 0 fully saturated rings. The van der Waals surface area contributed by atoms with E-state index < -0.39 is 0 Å². The van der Waals surface area contributed by atoms with E-state index >= 15 is 0 Å². The van der Waals surface area contributed by atoms with Crippen LogP contribution in [0.1, 0.15) is 0 Å². The SMILES string of the molecule is CSOc1ccc(N2C=CCNC2)cc1. The van der Waals surface area contributed by atoms with Crippen LogP contribution in [0.2, 0.25) is 0 Å². The van der Waals surface area contributed by atoms with E-state index in [0.29, 0.717) is 0 Å². The number of nitrogens with zero attached hydrogens (tertiary/aromatic N) is 1. The summed E-state index contributed by atoms with van der Waals surface area (Å²) in [6.07, 6.45) is 6.11. The summed E-state index contributed by atoms with van der Waals surface area (Å²) in [5.74, 6) is 0.889. The highest BCUT2D eigenvalue weighted by molar-refractivity contribution is 7.94. The van der Waals surface area contributed by atoms with Crippen LogP contribution >= 0.6 is 12.0 Å². The van der Waals surface area contributed by atoms with Gasteiger partial charge < -0.3 is 9.08 Å². The predicted molar refractivity (Wildman–Crippen MR) is 65.1 cm³/mol. The molecule has 0 spiro atoms. The molecule has 1 aromatic rings. The van der Waals surface area contributed by atoms with Crippen molar-refractivity contribution in [3.8, 4) is 5.75 Å². The Kier molecular flexibility index (Phi) is 3.53. The van der Waals surface area contributed by atoms with Gasteiger partial charge >= 0.3 is 0 Å². The summed E-state index contributed by atoms with van der Waals surface area (Å²) in [7, 11) is 0. The van der Waals surface area contributed by atoms with E-state index in [4.69, 9.17) is 4.18 Å². The van der Waals surface area contributed by atoms with E-state index in [2.05, 4.69) is 34.6 Å². The Morgan fingerprint density at radius 2 is 2.13 bits per heavy atom. The first kappa shape index (κ1) is 10.4. The quantitative estimate of drug-likeness (QED) is 0.793. The van der Waals surface area contributed by atoms with Crippen molar-refractivity contribution < 1.29 is 4.18 Å². The number of hydrogen-bond acceptors (Lipinski definition) is 4. The lowest BCUT2D eigenvalue weighted by atomic mass is 10.3. The molecular formula is C11H14N2OS. The Labute approximate surface area is 94.3 Å². The molecule has 0 bridgehead atoms. The van der Waals surface area contributed by atoms with E-state index in [1.165, 1.54) is 17.7 Å². The summed E-state index contributed by atoms with van der Waals surface area (Å²) in [5.41, 5.74) is 1.17. The molecule has 0 saturated carbocycles. The smallest absolute Gasteiger partial charge is 0.137 e. The van der Waals surface area contributed by atoms with Gasteiger partial charge in [0.25, 0.3) is 0 Å². The van der Waals surface area contributed by atoms with Gasteiger partial charge in [-0.15, -0.1) is 0 Å². The third-order valence-corrected chi connectivity index (χ3v) is 2.54. The highest BCUT2D eigenvalue weighted by atomic mass is 32.2. The lowest BCUT2D eigenvalue weighted by molar-refractivity contribution is 0.649. The molecule has 1 heterocycles. The second kappa shape index (κ2) is 5.09. The van der Waals surface area contributed by atoms with Crippen LogP contribution in [0.3, 0.4) is 0 Å². The van der Waals surface area contributed by atoms with Crippen molar-refractivity contribution in [1.82, 2.24) is 5.32 Å². The zero-order valence-electron chi connectivity index (χ0n) is 8.64. The van der Waals surface area contributed by atoms with Gasteiger partial charge in [-0.25, -0.2) is 0 Å². The third-order valence-electron chi connectivity index (χ3n) is 2.18. The zero-order chi connectivity index (χ0) is 10.5. The van der Waals surface area contributed by atoms with Crippen molar-refractivity contribution in [2.24, 2.45) is 0 Å². The molecular weight excluding hydrogens is 208 g/mol. The average molecular weight is 222 g/mol. The molecule has 0 aliphatic carbocycles. The first-order valence-electron chi connectivity index (χ1n) is 4.85. The molecule has 4 heteroatoms. The Morgan fingerprint density at radius 3 is 2.73 bits per heavy atom. The average Bonchev–Trinajstić information content (AvgIpc) is 2.32. The maximum atomic E-state index is 5.31. The fourth-order valence-electron chi connectivity index (χ4n) is 1.47. The van der Waals surface area contributed by atoms with Gasteiger partial charge in [-0.05, 0) is 24.3 Å². The van der Waals surface area contributed by atoms with Crippen molar-refractivity contribution in [2.45, 2.75) is 0 Å². The third kappa shape index (κ3) is 2.67. The Morgan fingerprint density at radius 1 is 1.33 bits per heavy atom. The molecule has 3 nitrogen and oxygen atoms in total. The molecule has 80 valence electrons. The van der Waals surface area contributed by atoms with Gasteiger partial charge in [-0.1, -0.05) is 6.08 Å². The highest BCUT2D eigenvalue weighted by Crippen LogP contribution is 2.21. The van der Waals surface area contributed by atoms with Gasteiger partial charge in [-0.3, -0.25) is 5.32 Å². The summed E-state index contributed by atoms with van der Waals surface area (Å²) >= 11 is 1.36. The maximum absolute atomic E-state index is 5.31. The van der Waals surface area contributed by atoms with Gasteiger partial charge in [0.1, 0.15) is 5.75 Å². The minimum absolute atomic E-state index is 0.860. The van der Waals surface area contributed by atoms with E-state index in [0.717, 1.165) is 19.0 Å². The number of rotatable bonds is 3. The van der Waals surface area contributed by atoms with Crippen LogP contribution in [0.4, 0.5) is 5.69 Å². The second-order valence-corrected chi connectivity index (χ2v) is 3.71. The van der Waals surface area contributed by atoms with Gasteiger partial charge in [0, 0.05) is 24.7 Å². The maximum Gasteiger partial charge on any atom is 0.137 e. The number of hydrogen-bond donors (Lipinski definition) is 1.